The van der Waals surface area contributed by atoms with Crippen molar-refractivity contribution in [2.24, 2.45) is 0 Å². The molecule has 3 nitrogen and oxygen atoms in total. The molecule has 1 atom stereocenters. The van der Waals surface area contributed by atoms with Crippen molar-refractivity contribution in [3.05, 3.63) is 35.4 Å². The second kappa shape index (κ2) is 8.12. The Hall–Kier alpha value is -0.626. The molecule has 1 aliphatic heterocycles. The van der Waals surface area contributed by atoms with E-state index >= 15 is 0 Å². The maximum atomic E-state index is 12.0. The average molecular weight is 422 g/mol. The molecular weight excluding hydrogens is 407 g/mol. The first kappa shape index (κ1) is 18.4. The number of ether oxygens (including phenoxy) is 1. The number of rotatable bonds is 3. The van der Waals surface area contributed by atoms with Gasteiger partial charge in [0.1, 0.15) is 12.4 Å². The maximum Gasteiger partial charge on any atom is 0.236 e. The monoisotopic (exact) mass is 421 g/mol. The predicted molar refractivity (Wildman–Crippen MR) is 82.3 cm³/mol. The van der Waals surface area contributed by atoms with Crippen molar-refractivity contribution in [3.63, 3.8) is 0 Å². The first-order valence-corrected chi connectivity index (χ1v) is 7.16. The van der Waals surface area contributed by atoms with Crippen LogP contribution in [0, 0.1) is 25.3 Å². The van der Waals surface area contributed by atoms with Crippen molar-refractivity contribution in [2.75, 3.05) is 13.7 Å². The van der Waals surface area contributed by atoms with Gasteiger partial charge in [-0.05, 0) is 12.1 Å². The fraction of sp³-hybridized carbons (Fsp3) is 0.312. The van der Waals surface area contributed by atoms with Gasteiger partial charge in [0.25, 0.3) is 0 Å². The summed E-state index contributed by atoms with van der Waals surface area (Å²) in [5.74, 6) is 3.21. The quantitative estimate of drug-likeness (QED) is 0.426. The summed E-state index contributed by atoms with van der Waals surface area (Å²) in [5, 5.41) is 0. The van der Waals surface area contributed by atoms with E-state index in [1.165, 1.54) is 0 Å². The summed E-state index contributed by atoms with van der Waals surface area (Å²) in [7, 11) is 1.76. The smallest absolute Gasteiger partial charge is 0.236 e. The number of alkyl halides is 1. The third-order valence-electron chi connectivity index (χ3n) is 3.16. The summed E-state index contributed by atoms with van der Waals surface area (Å²) in [6.45, 7) is 2.22. The molecule has 1 aromatic carbocycles. The Morgan fingerprint density at radius 2 is 2.29 bits per heavy atom. The van der Waals surface area contributed by atoms with Crippen LogP contribution in [0.4, 0.5) is 0 Å². The van der Waals surface area contributed by atoms with Crippen LogP contribution >= 0.6 is 15.9 Å². The van der Waals surface area contributed by atoms with E-state index in [4.69, 9.17) is 11.2 Å². The van der Waals surface area contributed by atoms with Crippen LogP contribution in [-0.4, -0.2) is 29.3 Å². The topological polar surface area (TPSA) is 29.5 Å². The predicted octanol–water partition coefficient (Wildman–Crippen LogP) is 2.77. The van der Waals surface area contributed by atoms with Crippen LogP contribution in [0.3, 0.4) is 0 Å². The number of hydrogen-bond acceptors (Lipinski definition) is 2. The zero-order valence-electron chi connectivity index (χ0n) is 12.0. The number of carbonyl (C=O) groups is 1. The van der Waals surface area contributed by atoms with E-state index in [0.29, 0.717) is 6.42 Å². The van der Waals surface area contributed by atoms with Crippen molar-refractivity contribution in [3.8, 4) is 18.1 Å². The molecule has 1 aromatic rings. The minimum Gasteiger partial charge on any atom is -0.481 e. The molecule has 0 aromatic heterocycles. The van der Waals surface area contributed by atoms with Gasteiger partial charge in [0.05, 0.1) is 4.83 Å². The minimum absolute atomic E-state index is 0. The Morgan fingerprint density at radius 1 is 1.57 bits per heavy atom. The number of halogens is 1. The molecule has 0 spiro atoms. The van der Waals surface area contributed by atoms with Crippen LogP contribution in [0.25, 0.3) is 5.70 Å². The normalized spacial score (nSPS) is 17.6. The Kier molecular flexibility index (Phi) is 7.13. The van der Waals surface area contributed by atoms with E-state index in [1.54, 1.807) is 11.9 Å². The first-order valence-electron chi connectivity index (χ1n) is 6.24. The maximum absolute atomic E-state index is 12.0. The van der Waals surface area contributed by atoms with Crippen LogP contribution in [0.1, 0.15) is 17.5 Å². The molecule has 0 saturated carbocycles. The summed E-state index contributed by atoms with van der Waals surface area (Å²) in [6.07, 6.45) is 9.02. The number of allylic oxidation sites excluding steroid dienone is 1. The third kappa shape index (κ3) is 4.19. The van der Waals surface area contributed by atoms with Gasteiger partial charge in [0.15, 0.2) is 0 Å². The molecule has 0 bridgehead atoms. The second-order valence-corrected chi connectivity index (χ2v) is 5.67. The van der Waals surface area contributed by atoms with Gasteiger partial charge in [0, 0.05) is 39.8 Å². The van der Waals surface area contributed by atoms with E-state index in [-0.39, 0.29) is 50.1 Å². The molecule has 1 unspecified atom stereocenters. The standard InChI is InChI=1S/C16H15BrNO2.Y/c1-4-9-20-12-5-6-13(11(2)10-12)15-8-7-14(17)16(19)18(15)3;/h1,5-6,10,14H,7,9H2,2-3H3;/q-1;. The van der Waals surface area contributed by atoms with Gasteiger partial charge in [-0.25, -0.2) is 6.08 Å². The molecule has 0 fully saturated rings. The molecule has 0 N–H and O–H groups in total. The number of nitrogens with zero attached hydrogens (tertiary/aromatic N) is 1. The van der Waals surface area contributed by atoms with Crippen LogP contribution in [-0.2, 0) is 37.5 Å². The molecule has 21 heavy (non-hydrogen) atoms. The molecule has 5 heteroatoms. The van der Waals surface area contributed by atoms with Gasteiger partial charge in [-0.15, -0.1) is 29.3 Å². The molecule has 1 radical (unpaired) electrons. The zero-order valence-corrected chi connectivity index (χ0v) is 16.4. The van der Waals surface area contributed by atoms with Crippen molar-refractivity contribution in [1.82, 2.24) is 4.90 Å². The Balaban J connectivity index is 0.00000220. The Labute approximate surface area is 159 Å². The number of hydrogen-bond donors (Lipinski definition) is 0. The third-order valence-corrected chi connectivity index (χ3v) is 3.87. The summed E-state index contributed by atoms with van der Waals surface area (Å²) in [5.41, 5.74) is 2.81. The number of benzene rings is 1. The summed E-state index contributed by atoms with van der Waals surface area (Å²) in [4.78, 5) is 13.4. The number of carbonyl (C=O) groups excluding carboxylic acids is 1. The van der Waals surface area contributed by atoms with E-state index in [1.807, 2.05) is 25.1 Å². The van der Waals surface area contributed by atoms with Gasteiger partial charge in [0.2, 0.25) is 5.91 Å². The fourth-order valence-electron chi connectivity index (χ4n) is 2.11. The van der Waals surface area contributed by atoms with Gasteiger partial charge in [-0.1, -0.05) is 35.2 Å². The van der Waals surface area contributed by atoms with Crippen LogP contribution in [0.2, 0.25) is 0 Å². The average Bonchev–Trinajstić information content (AvgIpc) is 2.44. The zero-order chi connectivity index (χ0) is 14.7. The molecule has 107 valence electrons. The van der Waals surface area contributed by atoms with Crippen molar-refractivity contribution < 1.29 is 42.2 Å². The molecular formula is C16H15BrNO2Y-. The summed E-state index contributed by atoms with van der Waals surface area (Å²) in [6, 6.07) is 5.70. The molecule has 1 amide bonds. The van der Waals surface area contributed by atoms with E-state index < -0.39 is 0 Å². The van der Waals surface area contributed by atoms with Gasteiger partial charge >= 0.3 is 0 Å². The second-order valence-electron chi connectivity index (χ2n) is 4.56. The SMILES string of the molecule is C#CCOc1ccc(C2=[C-]CC(Br)C(=O)N2C)c(C)c1.[Y]. The van der Waals surface area contributed by atoms with Crippen molar-refractivity contribution >= 4 is 27.5 Å². The fourth-order valence-corrected chi connectivity index (χ4v) is 2.57. The molecule has 1 aliphatic rings. The van der Waals surface area contributed by atoms with Gasteiger partial charge < -0.3 is 9.64 Å². The van der Waals surface area contributed by atoms with Crippen molar-refractivity contribution in [1.29, 1.82) is 0 Å². The van der Waals surface area contributed by atoms with Crippen LogP contribution in [0.5, 0.6) is 5.75 Å². The number of terminal acetylenes is 1. The summed E-state index contributed by atoms with van der Waals surface area (Å²) < 4.78 is 5.39. The van der Waals surface area contributed by atoms with Crippen LogP contribution < -0.4 is 4.74 Å². The Bertz CT molecular complexity index is 607. The van der Waals surface area contributed by atoms with E-state index in [2.05, 4.69) is 27.9 Å². The van der Waals surface area contributed by atoms with Gasteiger partial charge in [-0.3, -0.25) is 4.79 Å². The van der Waals surface area contributed by atoms with Crippen LogP contribution in [0.15, 0.2) is 18.2 Å². The summed E-state index contributed by atoms with van der Waals surface area (Å²) >= 11 is 3.35. The van der Waals surface area contributed by atoms with Gasteiger partial charge in [-0.2, -0.15) is 0 Å². The minimum atomic E-state index is -0.185. The molecule has 1 heterocycles. The molecule has 0 saturated heterocycles. The van der Waals surface area contributed by atoms with E-state index in [9.17, 15) is 4.79 Å². The number of amides is 1. The van der Waals surface area contributed by atoms with E-state index in [0.717, 1.165) is 22.6 Å². The van der Waals surface area contributed by atoms with Crippen molar-refractivity contribution in [2.45, 2.75) is 18.2 Å². The molecule has 2 rings (SSSR count). The molecule has 0 aliphatic carbocycles. The Morgan fingerprint density at radius 3 is 2.90 bits per heavy atom. The first-order chi connectivity index (χ1) is 9.54. The largest absolute Gasteiger partial charge is 0.481 e. The number of aryl methyl sites for hydroxylation is 1.